The van der Waals surface area contributed by atoms with E-state index in [1.54, 1.807) is 39.5 Å². The summed E-state index contributed by atoms with van der Waals surface area (Å²) in [6.07, 6.45) is 4.54. The molecule has 0 saturated heterocycles. The first kappa shape index (κ1) is 31.6. The van der Waals surface area contributed by atoms with Crippen LogP contribution in [0.25, 0.3) is 0 Å². The summed E-state index contributed by atoms with van der Waals surface area (Å²) in [5.74, 6) is 1.49. The maximum atomic E-state index is 14.8. The first-order chi connectivity index (χ1) is 20.5. The quantitative estimate of drug-likeness (QED) is 0.195. The molecule has 0 saturated carbocycles. The maximum Gasteiger partial charge on any atom is 0.165 e. The number of nitrogens with one attached hydrogen (secondary N) is 1. The number of hydrogen-bond donors (Lipinski definition) is 2. The van der Waals surface area contributed by atoms with E-state index >= 15 is 0 Å². The second-order valence-corrected chi connectivity index (χ2v) is 10.8. The zero-order valence-corrected chi connectivity index (χ0v) is 25.2. The average molecular weight is 581 g/mol. The summed E-state index contributed by atoms with van der Waals surface area (Å²) in [6.45, 7) is 4.63. The Hall–Kier alpha value is -3.33. The number of halogens is 1. The van der Waals surface area contributed by atoms with Crippen molar-refractivity contribution < 1.29 is 28.4 Å². The highest BCUT2D eigenvalue weighted by molar-refractivity contribution is 5.57. The Balaban J connectivity index is 1.28. The van der Waals surface area contributed by atoms with E-state index in [0.29, 0.717) is 38.0 Å². The van der Waals surface area contributed by atoms with Gasteiger partial charge in [-0.3, -0.25) is 4.90 Å². The fraction of sp³-hybridized carbons (Fsp3) is 0.471. The van der Waals surface area contributed by atoms with Gasteiger partial charge in [-0.15, -0.1) is 0 Å². The number of rotatable bonds is 17. The van der Waals surface area contributed by atoms with E-state index < -0.39 is 0 Å². The summed E-state index contributed by atoms with van der Waals surface area (Å²) in [7, 11) is 5.04. The molecule has 0 aromatic heterocycles. The molecule has 0 aliphatic heterocycles. The van der Waals surface area contributed by atoms with Crippen LogP contribution in [0.15, 0.2) is 54.6 Å². The van der Waals surface area contributed by atoms with Crippen molar-refractivity contribution in [3.8, 4) is 17.2 Å². The van der Waals surface area contributed by atoms with Crippen LogP contribution in [0.2, 0.25) is 0 Å². The number of hydrogen-bond acceptors (Lipinski definition) is 7. The largest absolute Gasteiger partial charge is 0.508 e. The van der Waals surface area contributed by atoms with Crippen LogP contribution in [-0.2, 0) is 28.7 Å². The number of ether oxygens (including phenoxy) is 4. The SMILES string of the molecule is COCCN(CCOC)CCOc1ccc(CCCNc2cc(OC)ccc2C2CCc3cc(O)ccc3C2)cc1F. The molecule has 0 radical (unpaired) electrons. The number of aryl methyl sites for hydroxylation is 2. The molecular weight excluding hydrogens is 535 g/mol. The molecule has 0 heterocycles. The lowest BCUT2D eigenvalue weighted by molar-refractivity contribution is 0.103. The highest BCUT2D eigenvalue weighted by Crippen LogP contribution is 2.38. The topological polar surface area (TPSA) is 72.4 Å². The molecule has 2 N–H and O–H groups in total. The van der Waals surface area contributed by atoms with Gasteiger partial charge in [-0.1, -0.05) is 18.2 Å². The smallest absolute Gasteiger partial charge is 0.165 e. The Morgan fingerprint density at radius 1 is 0.905 bits per heavy atom. The van der Waals surface area contributed by atoms with Crippen LogP contribution < -0.4 is 14.8 Å². The summed E-state index contributed by atoms with van der Waals surface area (Å²) in [5.41, 5.74) is 5.85. The van der Waals surface area contributed by atoms with Crippen LogP contribution in [0.3, 0.4) is 0 Å². The molecule has 1 atom stereocenters. The fourth-order valence-electron chi connectivity index (χ4n) is 5.57. The molecule has 3 aromatic carbocycles. The molecular formula is C34H45FN2O5. The zero-order valence-electron chi connectivity index (χ0n) is 25.2. The van der Waals surface area contributed by atoms with Crippen LogP contribution in [0.1, 0.15) is 41.0 Å². The lowest BCUT2D eigenvalue weighted by Gasteiger charge is -2.27. The minimum Gasteiger partial charge on any atom is -0.508 e. The number of nitrogens with zero attached hydrogens (tertiary/aromatic N) is 1. The van der Waals surface area contributed by atoms with Crippen LogP contribution in [0.4, 0.5) is 10.1 Å². The Morgan fingerprint density at radius 3 is 2.43 bits per heavy atom. The molecule has 0 amide bonds. The average Bonchev–Trinajstić information content (AvgIpc) is 3.01. The van der Waals surface area contributed by atoms with Crippen molar-refractivity contribution in [1.82, 2.24) is 4.90 Å². The van der Waals surface area contributed by atoms with Gasteiger partial charge in [0.1, 0.15) is 18.1 Å². The second-order valence-electron chi connectivity index (χ2n) is 10.8. The summed E-state index contributed by atoms with van der Waals surface area (Å²) >= 11 is 0. The third-order valence-corrected chi connectivity index (χ3v) is 7.96. The summed E-state index contributed by atoms with van der Waals surface area (Å²) < 4.78 is 36.4. The van der Waals surface area contributed by atoms with E-state index in [4.69, 9.17) is 18.9 Å². The molecule has 228 valence electrons. The van der Waals surface area contributed by atoms with Crippen molar-refractivity contribution in [2.24, 2.45) is 0 Å². The van der Waals surface area contributed by atoms with E-state index in [-0.39, 0.29) is 11.6 Å². The first-order valence-electron chi connectivity index (χ1n) is 14.8. The summed E-state index contributed by atoms with van der Waals surface area (Å²) in [4.78, 5) is 2.18. The van der Waals surface area contributed by atoms with Gasteiger partial charge in [0.2, 0.25) is 0 Å². The van der Waals surface area contributed by atoms with E-state index in [1.807, 2.05) is 24.3 Å². The van der Waals surface area contributed by atoms with E-state index in [1.165, 1.54) is 16.7 Å². The predicted octanol–water partition coefficient (Wildman–Crippen LogP) is 5.83. The van der Waals surface area contributed by atoms with Crippen LogP contribution in [0, 0.1) is 5.82 Å². The molecule has 7 nitrogen and oxygen atoms in total. The van der Waals surface area contributed by atoms with Gasteiger partial charge in [-0.25, -0.2) is 4.39 Å². The third kappa shape index (κ3) is 9.08. The number of aromatic hydroxyl groups is 1. The lowest BCUT2D eigenvalue weighted by Crippen LogP contribution is -2.34. The van der Waals surface area contributed by atoms with Crippen LogP contribution >= 0.6 is 0 Å². The van der Waals surface area contributed by atoms with Crippen molar-refractivity contribution in [1.29, 1.82) is 0 Å². The number of phenolic OH excluding ortho intramolecular Hbond substituents is 1. The van der Waals surface area contributed by atoms with Gasteiger partial charge in [-0.2, -0.15) is 0 Å². The van der Waals surface area contributed by atoms with Crippen molar-refractivity contribution in [3.63, 3.8) is 0 Å². The van der Waals surface area contributed by atoms with Crippen LogP contribution in [0.5, 0.6) is 17.2 Å². The van der Waals surface area contributed by atoms with Crippen molar-refractivity contribution in [3.05, 3.63) is 82.7 Å². The van der Waals surface area contributed by atoms with Gasteiger partial charge < -0.3 is 29.4 Å². The van der Waals surface area contributed by atoms with E-state index in [9.17, 15) is 9.50 Å². The van der Waals surface area contributed by atoms with Crippen molar-refractivity contribution >= 4 is 5.69 Å². The minimum atomic E-state index is -0.332. The predicted molar refractivity (Wildman–Crippen MR) is 165 cm³/mol. The molecule has 0 spiro atoms. The number of anilines is 1. The highest BCUT2D eigenvalue weighted by Gasteiger charge is 2.23. The number of fused-ring (bicyclic) bond motifs is 1. The molecule has 8 heteroatoms. The number of benzene rings is 3. The third-order valence-electron chi connectivity index (χ3n) is 7.96. The standard InChI is InChI=1S/C34H45FN2O5/c1-39-18-15-37(16-19-40-2)17-20-42-34-13-6-25(21-32(34)35)5-4-14-36-33-24-30(41-3)11-12-31(33)28-8-7-27-23-29(38)10-9-26(27)22-28/h6,9-13,21,23-24,28,36,38H,4-5,7-8,14-20,22H2,1-3H3. The van der Waals surface area contributed by atoms with Crippen LogP contribution in [-0.4, -0.2) is 77.3 Å². The van der Waals surface area contributed by atoms with Gasteiger partial charge in [-0.05, 0) is 90.6 Å². The van der Waals surface area contributed by atoms with Gasteiger partial charge in [0, 0.05) is 52.2 Å². The Morgan fingerprint density at radius 2 is 1.69 bits per heavy atom. The molecule has 0 fully saturated rings. The molecule has 3 aromatic rings. The Bertz CT molecular complexity index is 1260. The monoisotopic (exact) mass is 580 g/mol. The molecule has 4 rings (SSSR count). The lowest BCUT2D eigenvalue weighted by atomic mass is 9.79. The fourth-order valence-corrected chi connectivity index (χ4v) is 5.57. The first-order valence-corrected chi connectivity index (χ1v) is 14.8. The summed E-state index contributed by atoms with van der Waals surface area (Å²) in [6, 6.07) is 17.2. The number of phenols is 1. The van der Waals surface area contributed by atoms with Gasteiger partial charge in [0.25, 0.3) is 0 Å². The molecule has 1 aliphatic carbocycles. The molecule has 42 heavy (non-hydrogen) atoms. The van der Waals surface area contributed by atoms with Crippen molar-refractivity contribution in [2.45, 2.75) is 38.0 Å². The molecule has 0 bridgehead atoms. The highest BCUT2D eigenvalue weighted by atomic mass is 19.1. The molecule has 1 aliphatic rings. The minimum absolute atomic E-state index is 0.278. The normalized spacial score (nSPS) is 14.5. The zero-order chi connectivity index (χ0) is 29.7. The second kappa shape index (κ2) is 16.3. The van der Waals surface area contributed by atoms with Gasteiger partial charge in [0.15, 0.2) is 11.6 Å². The maximum absolute atomic E-state index is 14.8. The van der Waals surface area contributed by atoms with Gasteiger partial charge >= 0.3 is 0 Å². The number of methoxy groups -OCH3 is 3. The van der Waals surface area contributed by atoms with E-state index in [2.05, 4.69) is 22.3 Å². The molecule has 1 unspecified atom stereocenters. The Kier molecular flexibility index (Phi) is 12.3. The van der Waals surface area contributed by atoms with E-state index in [0.717, 1.165) is 68.7 Å². The van der Waals surface area contributed by atoms with Crippen molar-refractivity contribution in [2.75, 3.05) is 72.6 Å². The van der Waals surface area contributed by atoms with Gasteiger partial charge in [0.05, 0.1) is 20.3 Å². The Labute approximate surface area is 249 Å². The summed E-state index contributed by atoms with van der Waals surface area (Å²) in [5, 5.41) is 13.5.